The van der Waals surface area contributed by atoms with Crippen molar-refractivity contribution in [1.82, 2.24) is 5.32 Å². The van der Waals surface area contributed by atoms with Crippen LogP contribution in [-0.4, -0.2) is 17.6 Å². The van der Waals surface area contributed by atoms with Gasteiger partial charge in [0.2, 0.25) is 0 Å². The number of hydrogen-bond acceptors (Lipinski definition) is 2. The maximum Gasteiger partial charge on any atom is 0.303 e. The lowest BCUT2D eigenvalue weighted by Crippen LogP contribution is -2.17. The van der Waals surface area contributed by atoms with Gasteiger partial charge in [0.1, 0.15) is 0 Å². The van der Waals surface area contributed by atoms with E-state index in [1.165, 1.54) is 11.1 Å². The molecule has 0 amide bonds. The van der Waals surface area contributed by atoms with Crippen molar-refractivity contribution >= 4 is 5.97 Å². The van der Waals surface area contributed by atoms with Crippen LogP contribution < -0.4 is 5.32 Å². The maximum atomic E-state index is 10.4. The fraction of sp³-hybridized carbons (Fsp3) is 0.533. The average Bonchev–Trinajstić information content (AvgIpc) is 2.32. The van der Waals surface area contributed by atoms with Gasteiger partial charge in [-0.05, 0) is 37.8 Å². The molecular weight excluding hydrogens is 226 g/mol. The zero-order valence-electron chi connectivity index (χ0n) is 11.3. The van der Waals surface area contributed by atoms with Gasteiger partial charge in [-0.15, -0.1) is 0 Å². The Kier molecular flexibility index (Phi) is 6.44. The number of benzene rings is 1. The molecule has 0 bridgehead atoms. The Hall–Kier alpha value is -1.35. The molecule has 0 aromatic heterocycles. The molecule has 0 aliphatic heterocycles. The Morgan fingerprint density at radius 3 is 2.83 bits per heavy atom. The van der Waals surface area contributed by atoms with Crippen molar-refractivity contribution < 1.29 is 9.90 Å². The van der Waals surface area contributed by atoms with E-state index in [2.05, 4.69) is 43.4 Å². The monoisotopic (exact) mass is 249 g/mol. The lowest BCUT2D eigenvalue weighted by molar-refractivity contribution is -0.137. The second kappa shape index (κ2) is 7.88. The second-order valence-corrected chi connectivity index (χ2v) is 4.99. The zero-order valence-corrected chi connectivity index (χ0v) is 11.3. The summed E-state index contributed by atoms with van der Waals surface area (Å²) >= 11 is 0. The number of carbonyl (C=O) groups is 1. The Morgan fingerprint density at radius 2 is 2.17 bits per heavy atom. The highest BCUT2D eigenvalue weighted by Crippen LogP contribution is 2.09. The molecule has 0 fully saturated rings. The first kappa shape index (κ1) is 14.7. The molecule has 3 heteroatoms. The van der Waals surface area contributed by atoms with Gasteiger partial charge < -0.3 is 10.4 Å². The molecule has 1 unspecified atom stereocenters. The molecule has 3 nitrogen and oxygen atoms in total. The third kappa shape index (κ3) is 6.40. The highest BCUT2D eigenvalue weighted by atomic mass is 16.4. The van der Waals surface area contributed by atoms with Crippen molar-refractivity contribution in [1.29, 1.82) is 0 Å². The van der Waals surface area contributed by atoms with Crippen LogP contribution in [0.4, 0.5) is 0 Å². The molecule has 0 heterocycles. The van der Waals surface area contributed by atoms with Crippen LogP contribution in [0.1, 0.15) is 37.3 Å². The molecule has 1 atom stereocenters. The number of carboxylic acids is 1. The SMILES string of the molecule is Cc1cccc(CNCCC(C)CCC(=O)O)c1. The molecule has 100 valence electrons. The minimum Gasteiger partial charge on any atom is -0.481 e. The van der Waals surface area contributed by atoms with Crippen molar-refractivity contribution in [2.45, 2.75) is 39.7 Å². The third-order valence-electron chi connectivity index (χ3n) is 3.08. The van der Waals surface area contributed by atoms with Crippen molar-refractivity contribution in [2.24, 2.45) is 5.92 Å². The Morgan fingerprint density at radius 1 is 1.39 bits per heavy atom. The lowest BCUT2D eigenvalue weighted by Gasteiger charge is -2.11. The highest BCUT2D eigenvalue weighted by molar-refractivity contribution is 5.66. The van der Waals surface area contributed by atoms with E-state index >= 15 is 0 Å². The van der Waals surface area contributed by atoms with Gasteiger partial charge in [0.05, 0.1) is 0 Å². The van der Waals surface area contributed by atoms with Gasteiger partial charge in [-0.1, -0.05) is 36.8 Å². The second-order valence-electron chi connectivity index (χ2n) is 4.99. The number of hydrogen-bond donors (Lipinski definition) is 2. The first-order valence-electron chi connectivity index (χ1n) is 6.56. The van der Waals surface area contributed by atoms with Gasteiger partial charge in [0, 0.05) is 13.0 Å². The largest absolute Gasteiger partial charge is 0.481 e. The van der Waals surface area contributed by atoms with Crippen LogP contribution in [0.25, 0.3) is 0 Å². The van der Waals surface area contributed by atoms with Gasteiger partial charge in [-0.2, -0.15) is 0 Å². The van der Waals surface area contributed by atoms with Gasteiger partial charge in [0.15, 0.2) is 0 Å². The number of carboxylic acid groups (broad SMARTS) is 1. The van der Waals surface area contributed by atoms with Crippen LogP contribution in [0.5, 0.6) is 0 Å². The fourth-order valence-corrected chi connectivity index (χ4v) is 1.92. The summed E-state index contributed by atoms with van der Waals surface area (Å²) in [7, 11) is 0. The Balaban J connectivity index is 2.13. The van der Waals surface area contributed by atoms with Crippen LogP contribution in [-0.2, 0) is 11.3 Å². The summed E-state index contributed by atoms with van der Waals surface area (Å²) in [6.07, 6.45) is 2.07. The minimum absolute atomic E-state index is 0.277. The van der Waals surface area contributed by atoms with Crippen molar-refractivity contribution in [3.8, 4) is 0 Å². The molecule has 1 rings (SSSR count). The number of aryl methyl sites for hydroxylation is 1. The molecule has 18 heavy (non-hydrogen) atoms. The normalized spacial score (nSPS) is 12.3. The number of aliphatic carboxylic acids is 1. The first-order chi connectivity index (χ1) is 8.58. The van der Waals surface area contributed by atoms with E-state index in [0.29, 0.717) is 5.92 Å². The van der Waals surface area contributed by atoms with Crippen molar-refractivity contribution in [3.63, 3.8) is 0 Å². The predicted molar refractivity (Wildman–Crippen MR) is 73.5 cm³/mol. The van der Waals surface area contributed by atoms with E-state index in [9.17, 15) is 4.79 Å². The smallest absolute Gasteiger partial charge is 0.303 e. The van der Waals surface area contributed by atoms with Crippen LogP contribution in [0.2, 0.25) is 0 Å². The van der Waals surface area contributed by atoms with Gasteiger partial charge in [-0.3, -0.25) is 4.79 Å². The quantitative estimate of drug-likeness (QED) is 0.696. The standard InChI is InChI=1S/C15H23NO2/c1-12(6-7-15(17)18)8-9-16-11-14-5-3-4-13(2)10-14/h3-5,10,12,16H,6-9,11H2,1-2H3,(H,17,18). The van der Waals surface area contributed by atoms with Gasteiger partial charge in [0.25, 0.3) is 0 Å². The fourth-order valence-electron chi connectivity index (χ4n) is 1.92. The summed E-state index contributed by atoms with van der Waals surface area (Å²) in [6.45, 7) is 6.02. The van der Waals surface area contributed by atoms with Crippen LogP contribution in [0, 0.1) is 12.8 Å². The highest BCUT2D eigenvalue weighted by Gasteiger charge is 2.04. The summed E-state index contributed by atoms with van der Waals surface area (Å²) in [6, 6.07) is 8.47. The summed E-state index contributed by atoms with van der Waals surface area (Å²) in [5.74, 6) is -0.235. The van der Waals surface area contributed by atoms with E-state index < -0.39 is 5.97 Å². The molecular formula is C15H23NO2. The van der Waals surface area contributed by atoms with Gasteiger partial charge >= 0.3 is 5.97 Å². The molecule has 0 aliphatic carbocycles. The Bertz CT molecular complexity index is 377. The number of rotatable bonds is 8. The lowest BCUT2D eigenvalue weighted by atomic mass is 10.0. The number of nitrogens with one attached hydrogen (secondary N) is 1. The van der Waals surface area contributed by atoms with E-state index in [1.807, 2.05) is 0 Å². The zero-order chi connectivity index (χ0) is 13.4. The summed E-state index contributed by atoms with van der Waals surface area (Å²) in [5, 5.41) is 12.0. The molecule has 2 N–H and O–H groups in total. The Labute approximate surface area is 109 Å². The molecule has 0 spiro atoms. The minimum atomic E-state index is -0.699. The van der Waals surface area contributed by atoms with E-state index in [0.717, 1.165) is 25.9 Å². The summed E-state index contributed by atoms with van der Waals surface area (Å²) < 4.78 is 0. The molecule has 0 aliphatic rings. The molecule has 1 aromatic carbocycles. The van der Waals surface area contributed by atoms with Crippen LogP contribution >= 0.6 is 0 Å². The van der Waals surface area contributed by atoms with Crippen LogP contribution in [0.15, 0.2) is 24.3 Å². The summed E-state index contributed by atoms with van der Waals surface area (Å²) in [5.41, 5.74) is 2.58. The van der Waals surface area contributed by atoms with Crippen molar-refractivity contribution in [2.75, 3.05) is 6.54 Å². The molecule has 0 saturated carbocycles. The van der Waals surface area contributed by atoms with Crippen molar-refractivity contribution in [3.05, 3.63) is 35.4 Å². The first-order valence-corrected chi connectivity index (χ1v) is 6.56. The predicted octanol–water partition coefficient (Wildman–Crippen LogP) is 2.98. The third-order valence-corrected chi connectivity index (χ3v) is 3.08. The van der Waals surface area contributed by atoms with Gasteiger partial charge in [-0.25, -0.2) is 0 Å². The molecule has 1 aromatic rings. The average molecular weight is 249 g/mol. The van der Waals surface area contributed by atoms with E-state index in [-0.39, 0.29) is 6.42 Å². The van der Waals surface area contributed by atoms with E-state index in [4.69, 9.17) is 5.11 Å². The maximum absolute atomic E-state index is 10.4. The topological polar surface area (TPSA) is 49.3 Å². The van der Waals surface area contributed by atoms with Crippen LogP contribution in [0.3, 0.4) is 0 Å². The van der Waals surface area contributed by atoms with E-state index in [1.54, 1.807) is 0 Å². The molecule has 0 saturated heterocycles. The summed E-state index contributed by atoms with van der Waals surface area (Å²) in [4.78, 5) is 10.4. The molecule has 0 radical (unpaired) electrons.